The summed E-state index contributed by atoms with van der Waals surface area (Å²) >= 11 is 0. The van der Waals surface area contributed by atoms with Gasteiger partial charge in [-0.2, -0.15) is 0 Å². The van der Waals surface area contributed by atoms with Crippen molar-refractivity contribution in [3.05, 3.63) is 83.9 Å². The minimum atomic E-state index is -0.513. The van der Waals surface area contributed by atoms with Crippen LogP contribution in [0.2, 0.25) is 0 Å². The van der Waals surface area contributed by atoms with Crippen molar-refractivity contribution in [2.24, 2.45) is 0 Å². The minimum absolute atomic E-state index is 0.0313. The number of nitrogens with one attached hydrogen (secondary N) is 1. The highest BCUT2D eigenvalue weighted by atomic mass is 16.5. The number of hydrogen-bond donors (Lipinski definition) is 1. The van der Waals surface area contributed by atoms with E-state index in [9.17, 15) is 14.4 Å². The molecule has 7 heteroatoms. The van der Waals surface area contributed by atoms with Crippen LogP contribution in [0.25, 0.3) is 0 Å². The first-order valence-electron chi connectivity index (χ1n) is 9.91. The highest BCUT2D eigenvalue weighted by molar-refractivity contribution is 6.01. The van der Waals surface area contributed by atoms with Gasteiger partial charge < -0.3 is 19.5 Å². The van der Waals surface area contributed by atoms with Gasteiger partial charge in [0.15, 0.2) is 5.78 Å². The van der Waals surface area contributed by atoms with Crippen LogP contribution in [0, 0.1) is 0 Å². The highest BCUT2D eigenvalue weighted by Gasteiger charge is 2.13. The monoisotopic (exact) mass is 433 g/mol. The Bertz CT molecular complexity index is 1090. The molecule has 3 aromatic carbocycles. The zero-order valence-corrected chi connectivity index (χ0v) is 17.8. The number of carbonyl (C=O) groups is 3. The largest absolute Gasteiger partial charge is 0.486 e. The first kappa shape index (κ1) is 22.6. The number of methoxy groups -OCH3 is 1. The molecule has 0 radical (unpaired) electrons. The lowest BCUT2D eigenvalue weighted by atomic mass is 10.1. The average Bonchev–Trinajstić information content (AvgIpc) is 2.79. The maximum Gasteiger partial charge on any atom is 0.339 e. The normalized spacial score (nSPS) is 10.2. The standard InChI is InChI=1S/C25H23NO6/c1-17(27)16-31-19-11-13-21(14-12-19)32-20-9-7-18(8-10-20)15-24(28)26-23-6-4-3-5-22(23)25(29)30-2/h3-14H,15-16H2,1-2H3,(H,26,28). The van der Waals surface area contributed by atoms with Crippen molar-refractivity contribution in [3.8, 4) is 17.2 Å². The van der Waals surface area contributed by atoms with E-state index in [1.165, 1.54) is 14.0 Å². The van der Waals surface area contributed by atoms with Crippen molar-refractivity contribution in [1.82, 2.24) is 0 Å². The van der Waals surface area contributed by atoms with Crippen LogP contribution >= 0.6 is 0 Å². The van der Waals surface area contributed by atoms with Crippen LogP contribution in [-0.4, -0.2) is 31.4 Å². The molecule has 7 nitrogen and oxygen atoms in total. The Morgan fingerprint density at radius 1 is 0.812 bits per heavy atom. The summed E-state index contributed by atoms with van der Waals surface area (Å²) in [7, 11) is 1.29. The van der Waals surface area contributed by atoms with E-state index in [2.05, 4.69) is 5.32 Å². The first-order chi connectivity index (χ1) is 15.4. The van der Waals surface area contributed by atoms with E-state index < -0.39 is 5.97 Å². The van der Waals surface area contributed by atoms with Gasteiger partial charge in [-0.3, -0.25) is 9.59 Å². The van der Waals surface area contributed by atoms with E-state index in [1.54, 1.807) is 72.8 Å². The molecule has 0 heterocycles. The topological polar surface area (TPSA) is 90.9 Å². The lowest BCUT2D eigenvalue weighted by Crippen LogP contribution is -2.17. The zero-order chi connectivity index (χ0) is 22.9. The number of esters is 1. The lowest BCUT2D eigenvalue weighted by molar-refractivity contribution is -0.119. The average molecular weight is 433 g/mol. The molecule has 0 aromatic heterocycles. The molecule has 0 spiro atoms. The molecule has 0 atom stereocenters. The number of benzene rings is 3. The number of amides is 1. The molecule has 32 heavy (non-hydrogen) atoms. The molecule has 0 unspecified atom stereocenters. The molecule has 3 rings (SSSR count). The van der Waals surface area contributed by atoms with Crippen molar-refractivity contribution in [2.45, 2.75) is 13.3 Å². The van der Waals surface area contributed by atoms with Crippen LogP contribution < -0.4 is 14.8 Å². The second kappa shape index (κ2) is 10.8. The summed E-state index contributed by atoms with van der Waals surface area (Å²) in [4.78, 5) is 35.2. The molecule has 0 aliphatic carbocycles. The number of ketones is 1. The minimum Gasteiger partial charge on any atom is -0.486 e. The first-order valence-corrected chi connectivity index (χ1v) is 9.91. The Labute approximate surface area is 185 Å². The predicted octanol–water partition coefficient (Wildman–Crippen LogP) is 4.41. The van der Waals surface area contributed by atoms with Crippen LogP contribution in [-0.2, 0) is 20.7 Å². The highest BCUT2D eigenvalue weighted by Crippen LogP contribution is 2.24. The molecule has 0 saturated heterocycles. The molecule has 0 saturated carbocycles. The van der Waals surface area contributed by atoms with Crippen LogP contribution in [0.5, 0.6) is 17.2 Å². The third-order valence-corrected chi connectivity index (χ3v) is 4.40. The van der Waals surface area contributed by atoms with Crippen LogP contribution in [0.3, 0.4) is 0 Å². The van der Waals surface area contributed by atoms with Crippen molar-refractivity contribution >= 4 is 23.3 Å². The van der Waals surface area contributed by atoms with Gasteiger partial charge in [-0.25, -0.2) is 4.79 Å². The number of anilines is 1. The molecule has 1 amide bonds. The molecule has 0 fully saturated rings. The van der Waals surface area contributed by atoms with Gasteiger partial charge in [0.1, 0.15) is 23.9 Å². The summed E-state index contributed by atoms with van der Waals surface area (Å²) in [6.07, 6.45) is 0.137. The van der Waals surface area contributed by atoms with Gasteiger partial charge in [-0.15, -0.1) is 0 Å². The van der Waals surface area contributed by atoms with E-state index in [1.807, 2.05) is 0 Å². The number of ether oxygens (including phenoxy) is 3. The van der Waals surface area contributed by atoms with Gasteiger partial charge in [0.2, 0.25) is 5.91 Å². The van der Waals surface area contributed by atoms with Crippen LogP contribution in [0.15, 0.2) is 72.8 Å². The number of Topliss-reactive ketones (excluding diaryl/α,β-unsaturated/α-hetero) is 1. The Balaban J connectivity index is 1.56. The second-order valence-electron chi connectivity index (χ2n) is 6.97. The summed E-state index contributed by atoms with van der Waals surface area (Å²) in [6.45, 7) is 1.50. The van der Waals surface area contributed by atoms with Gasteiger partial charge in [0.25, 0.3) is 0 Å². The van der Waals surface area contributed by atoms with Gasteiger partial charge in [-0.1, -0.05) is 24.3 Å². The fourth-order valence-electron chi connectivity index (χ4n) is 2.86. The summed E-state index contributed by atoms with van der Waals surface area (Å²) in [5.41, 5.74) is 1.49. The van der Waals surface area contributed by atoms with E-state index in [0.29, 0.717) is 28.5 Å². The predicted molar refractivity (Wildman–Crippen MR) is 119 cm³/mol. The summed E-state index contributed by atoms with van der Waals surface area (Å²) < 4.78 is 15.9. The summed E-state index contributed by atoms with van der Waals surface area (Å²) in [6, 6.07) is 20.8. The van der Waals surface area contributed by atoms with Crippen LogP contribution in [0.4, 0.5) is 5.69 Å². The van der Waals surface area contributed by atoms with Gasteiger partial charge in [-0.05, 0) is 61.0 Å². The SMILES string of the molecule is COC(=O)c1ccccc1NC(=O)Cc1ccc(Oc2ccc(OCC(C)=O)cc2)cc1. The van der Waals surface area contributed by atoms with Gasteiger partial charge in [0.05, 0.1) is 24.8 Å². The van der Waals surface area contributed by atoms with Crippen molar-refractivity contribution in [1.29, 1.82) is 0 Å². The van der Waals surface area contributed by atoms with Crippen molar-refractivity contribution in [3.63, 3.8) is 0 Å². The van der Waals surface area contributed by atoms with E-state index in [4.69, 9.17) is 14.2 Å². The molecule has 0 bridgehead atoms. The van der Waals surface area contributed by atoms with E-state index in [-0.39, 0.29) is 24.7 Å². The number of para-hydroxylation sites is 1. The fourth-order valence-corrected chi connectivity index (χ4v) is 2.86. The summed E-state index contributed by atoms with van der Waals surface area (Å²) in [5.74, 6) is 0.999. The molecular weight excluding hydrogens is 410 g/mol. The maximum atomic E-state index is 12.4. The molecule has 164 valence electrons. The quantitative estimate of drug-likeness (QED) is 0.503. The van der Waals surface area contributed by atoms with E-state index >= 15 is 0 Å². The molecule has 0 aliphatic rings. The molecule has 3 aromatic rings. The number of rotatable bonds is 9. The smallest absolute Gasteiger partial charge is 0.339 e. The zero-order valence-electron chi connectivity index (χ0n) is 17.8. The Hall–Kier alpha value is -4.13. The third kappa shape index (κ3) is 6.43. The van der Waals surface area contributed by atoms with Crippen molar-refractivity contribution in [2.75, 3.05) is 19.0 Å². The Morgan fingerprint density at radius 2 is 1.41 bits per heavy atom. The van der Waals surface area contributed by atoms with Crippen molar-refractivity contribution < 1.29 is 28.6 Å². The fraction of sp³-hybridized carbons (Fsp3) is 0.160. The summed E-state index contributed by atoms with van der Waals surface area (Å²) in [5, 5.41) is 2.75. The molecule has 1 N–H and O–H groups in total. The Kier molecular flexibility index (Phi) is 7.59. The van der Waals surface area contributed by atoms with Gasteiger partial charge >= 0.3 is 5.97 Å². The third-order valence-electron chi connectivity index (χ3n) is 4.40. The maximum absolute atomic E-state index is 12.4. The Morgan fingerprint density at radius 3 is 2.03 bits per heavy atom. The molecular formula is C25H23NO6. The number of carbonyl (C=O) groups excluding carboxylic acids is 3. The lowest BCUT2D eigenvalue weighted by Gasteiger charge is -2.10. The molecule has 0 aliphatic heterocycles. The van der Waals surface area contributed by atoms with Gasteiger partial charge in [0, 0.05) is 0 Å². The second-order valence-corrected chi connectivity index (χ2v) is 6.97. The van der Waals surface area contributed by atoms with Crippen LogP contribution in [0.1, 0.15) is 22.8 Å². The van der Waals surface area contributed by atoms with E-state index in [0.717, 1.165) is 5.56 Å². The number of hydrogen-bond acceptors (Lipinski definition) is 6.